The summed E-state index contributed by atoms with van der Waals surface area (Å²) in [6, 6.07) is 18.2. The Bertz CT molecular complexity index is 994. The summed E-state index contributed by atoms with van der Waals surface area (Å²) in [7, 11) is 3.46. The molecule has 7 heteroatoms. The van der Waals surface area contributed by atoms with Crippen LogP contribution < -0.4 is 10.6 Å². The Hall–Kier alpha value is -3.61. The first-order valence-electron chi connectivity index (χ1n) is 10.3. The summed E-state index contributed by atoms with van der Waals surface area (Å²) >= 11 is 0. The number of aryl methyl sites for hydroxylation is 1. The molecule has 3 aromatic rings. The largest absolute Gasteiger partial charge is 0.444 e. The van der Waals surface area contributed by atoms with Crippen LogP contribution in [-0.2, 0) is 17.8 Å². The second-order valence-electron chi connectivity index (χ2n) is 7.48. The zero-order valence-corrected chi connectivity index (χ0v) is 18.3. The molecule has 0 aliphatic rings. The van der Waals surface area contributed by atoms with Crippen molar-refractivity contribution in [3.05, 3.63) is 77.7 Å². The van der Waals surface area contributed by atoms with E-state index in [-0.39, 0.29) is 12.5 Å². The monoisotopic (exact) mass is 419 g/mol. The summed E-state index contributed by atoms with van der Waals surface area (Å²) in [4.78, 5) is 22.6. The highest BCUT2D eigenvalue weighted by Crippen LogP contribution is 2.19. The van der Waals surface area contributed by atoms with Crippen molar-refractivity contribution in [3.8, 4) is 11.5 Å². The van der Waals surface area contributed by atoms with Crippen LogP contribution in [0.2, 0.25) is 0 Å². The number of hydrogen-bond acceptors (Lipinski definition) is 4. The first-order chi connectivity index (χ1) is 15.0. The fraction of sp³-hybridized carbons (Fsp3) is 0.292. The third-order valence-electron chi connectivity index (χ3n) is 4.70. The third kappa shape index (κ3) is 6.99. The van der Waals surface area contributed by atoms with Crippen LogP contribution in [0.15, 0.2) is 70.3 Å². The first-order valence-corrected chi connectivity index (χ1v) is 10.3. The van der Waals surface area contributed by atoms with Crippen LogP contribution in [0.4, 0.5) is 0 Å². The van der Waals surface area contributed by atoms with Crippen LogP contribution in [0.1, 0.15) is 16.8 Å². The summed E-state index contributed by atoms with van der Waals surface area (Å²) in [5.74, 6) is 1.10. The van der Waals surface area contributed by atoms with Crippen molar-refractivity contribution in [1.82, 2.24) is 20.5 Å². The number of aliphatic imine (C=N–C) groups is 1. The molecule has 2 aromatic carbocycles. The lowest BCUT2D eigenvalue weighted by Crippen LogP contribution is -2.43. The normalized spacial score (nSPS) is 11.3. The van der Waals surface area contributed by atoms with Gasteiger partial charge in [0.2, 0.25) is 11.8 Å². The molecule has 3 rings (SSSR count). The number of aromatic nitrogens is 1. The van der Waals surface area contributed by atoms with Crippen molar-refractivity contribution in [1.29, 1.82) is 0 Å². The molecule has 0 saturated carbocycles. The maximum Gasteiger partial charge on any atom is 0.241 e. The number of nitrogens with zero attached hydrogens (tertiary/aromatic N) is 3. The van der Waals surface area contributed by atoms with Crippen molar-refractivity contribution < 1.29 is 9.21 Å². The van der Waals surface area contributed by atoms with Crippen LogP contribution in [-0.4, -0.2) is 48.9 Å². The summed E-state index contributed by atoms with van der Waals surface area (Å²) in [6.07, 6.45) is 2.47. The molecule has 7 nitrogen and oxygen atoms in total. The molecule has 2 N–H and O–H groups in total. The van der Waals surface area contributed by atoms with Crippen LogP contribution in [0, 0.1) is 6.92 Å². The van der Waals surface area contributed by atoms with Gasteiger partial charge in [0.05, 0.1) is 13.1 Å². The molecule has 0 spiro atoms. The molecule has 0 atom stereocenters. The minimum atomic E-state index is -0.0272. The lowest BCUT2D eigenvalue weighted by Gasteiger charge is -2.15. The number of likely N-dealkylation sites (N-methyl/N-ethyl adjacent to an activating group) is 1. The lowest BCUT2D eigenvalue weighted by molar-refractivity contribution is -0.127. The molecular weight excluding hydrogens is 390 g/mol. The Kier molecular flexibility index (Phi) is 7.81. The Morgan fingerprint density at radius 2 is 1.81 bits per heavy atom. The average Bonchev–Trinajstić information content (AvgIpc) is 3.25. The molecule has 162 valence electrons. The third-order valence-corrected chi connectivity index (χ3v) is 4.70. The molecule has 0 aliphatic heterocycles. The number of amides is 1. The Morgan fingerprint density at radius 1 is 1.06 bits per heavy atom. The number of hydrogen-bond donors (Lipinski definition) is 2. The van der Waals surface area contributed by atoms with E-state index in [1.807, 2.05) is 49.4 Å². The predicted molar refractivity (Wildman–Crippen MR) is 123 cm³/mol. The van der Waals surface area contributed by atoms with Gasteiger partial charge >= 0.3 is 0 Å². The van der Waals surface area contributed by atoms with E-state index in [0.717, 1.165) is 17.7 Å². The molecule has 0 aliphatic carbocycles. The highest BCUT2D eigenvalue weighted by atomic mass is 16.3. The van der Waals surface area contributed by atoms with E-state index in [4.69, 9.17) is 4.42 Å². The van der Waals surface area contributed by atoms with Crippen molar-refractivity contribution >= 4 is 11.9 Å². The zero-order valence-electron chi connectivity index (χ0n) is 18.3. The van der Waals surface area contributed by atoms with Crippen molar-refractivity contribution in [3.63, 3.8) is 0 Å². The lowest BCUT2D eigenvalue weighted by atomic mass is 10.1. The van der Waals surface area contributed by atoms with Gasteiger partial charge in [0.15, 0.2) is 5.96 Å². The van der Waals surface area contributed by atoms with Gasteiger partial charge in [-0.15, -0.1) is 0 Å². The van der Waals surface area contributed by atoms with E-state index >= 15 is 0 Å². The second kappa shape index (κ2) is 11.0. The van der Waals surface area contributed by atoms with Gasteiger partial charge in [-0.3, -0.25) is 4.79 Å². The topological polar surface area (TPSA) is 82.8 Å². The number of guanidine groups is 1. The van der Waals surface area contributed by atoms with E-state index in [9.17, 15) is 4.79 Å². The van der Waals surface area contributed by atoms with Crippen molar-refractivity contribution in [2.24, 2.45) is 4.99 Å². The molecule has 0 radical (unpaired) electrons. The smallest absolute Gasteiger partial charge is 0.241 e. The number of nitrogens with one attached hydrogen (secondary N) is 2. The molecule has 0 fully saturated rings. The van der Waals surface area contributed by atoms with Gasteiger partial charge in [-0.1, -0.05) is 48.0 Å². The van der Waals surface area contributed by atoms with E-state index in [0.29, 0.717) is 24.9 Å². The highest BCUT2D eigenvalue weighted by Gasteiger charge is 2.09. The molecule has 0 saturated heterocycles. The summed E-state index contributed by atoms with van der Waals surface area (Å²) in [6.45, 7) is 3.24. The fourth-order valence-electron chi connectivity index (χ4n) is 2.83. The Morgan fingerprint density at radius 3 is 2.52 bits per heavy atom. The fourth-order valence-corrected chi connectivity index (χ4v) is 2.83. The van der Waals surface area contributed by atoms with E-state index in [2.05, 4.69) is 32.7 Å². The standard InChI is InChI=1S/C24H29N5O2/c1-18-9-11-20(12-10-18)23-28-21(17-31-23)15-26-24(27-16-22(30)29(2)3)25-14-13-19-7-5-4-6-8-19/h4-12,17H,13-16H2,1-3H3,(H2,25,26,27). The molecule has 1 aromatic heterocycles. The van der Waals surface area contributed by atoms with Crippen LogP contribution in [0.5, 0.6) is 0 Å². The molecule has 31 heavy (non-hydrogen) atoms. The minimum absolute atomic E-state index is 0.0272. The highest BCUT2D eigenvalue weighted by molar-refractivity contribution is 5.86. The molecule has 1 amide bonds. The zero-order chi connectivity index (χ0) is 22.1. The van der Waals surface area contributed by atoms with Gasteiger partial charge < -0.3 is 20.0 Å². The maximum atomic E-state index is 12.0. The van der Waals surface area contributed by atoms with E-state index in [1.54, 1.807) is 25.3 Å². The van der Waals surface area contributed by atoms with Gasteiger partial charge in [0.25, 0.3) is 0 Å². The van der Waals surface area contributed by atoms with Gasteiger partial charge in [0, 0.05) is 26.2 Å². The van der Waals surface area contributed by atoms with E-state index in [1.165, 1.54) is 11.1 Å². The van der Waals surface area contributed by atoms with Crippen molar-refractivity contribution in [2.75, 3.05) is 27.2 Å². The summed E-state index contributed by atoms with van der Waals surface area (Å²) < 4.78 is 5.61. The summed E-state index contributed by atoms with van der Waals surface area (Å²) in [5, 5.41) is 6.38. The van der Waals surface area contributed by atoms with Crippen LogP contribution in [0.3, 0.4) is 0 Å². The van der Waals surface area contributed by atoms with Crippen molar-refractivity contribution in [2.45, 2.75) is 19.9 Å². The van der Waals surface area contributed by atoms with Crippen LogP contribution in [0.25, 0.3) is 11.5 Å². The molecule has 0 bridgehead atoms. The molecule has 0 unspecified atom stereocenters. The predicted octanol–water partition coefficient (Wildman–Crippen LogP) is 3.02. The number of rotatable bonds is 8. The van der Waals surface area contributed by atoms with Crippen LogP contribution >= 0.6 is 0 Å². The van der Waals surface area contributed by atoms with Gasteiger partial charge in [-0.2, -0.15) is 0 Å². The van der Waals surface area contributed by atoms with E-state index < -0.39 is 0 Å². The second-order valence-corrected chi connectivity index (χ2v) is 7.48. The average molecular weight is 420 g/mol. The Labute approximate surface area is 183 Å². The number of benzene rings is 2. The van der Waals surface area contributed by atoms with Gasteiger partial charge in [-0.25, -0.2) is 9.98 Å². The molecule has 1 heterocycles. The summed E-state index contributed by atoms with van der Waals surface area (Å²) in [5.41, 5.74) is 4.07. The first kappa shape index (κ1) is 22.1. The Balaban J connectivity index is 1.62. The SMILES string of the molecule is Cc1ccc(-c2nc(CN=C(NCCc3ccccc3)NCC(=O)N(C)C)co2)cc1. The van der Waals surface area contributed by atoms with Gasteiger partial charge in [-0.05, 0) is 31.0 Å². The molecular formula is C24H29N5O2. The maximum absolute atomic E-state index is 12.0. The number of carbonyl (C=O) groups excluding carboxylic acids is 1. The number of oxazole rings is 1. The van der Waals surface area contributed by atoms with Gasteiger partial charge in [0.1, 0.15) is 12.0 Å². The number of carbonyl (C=O) groups is 1. The minimum Gasteiger partial charge on any atom is -0.444 e. The quantitative estimate of drug-likeness (QED) is 0.433.